The molecular formula is C16H22O3. The summed E-state index contributed by atoms with van der Waals surface area (Å²) < 4.78 is 11.5. The third-order valence-electron chi connectivity index (χ3n) is 4.20. The average molecular weight is 262 g/mol. The molecule has 1 aliphatic heterocycles. The molecule has 0 bridgehead atoms. The summed E-state index contributed by atoms with van der Waals surface area (Å²) in [6, 6.07) is 0. The molecule has 0 amide bonds. The zero-order chi connectivity index (χ0) is 14.5. The predicted molar refractivity (Wildman–Crippen MR) is 75.9 cm³/mol. The number of rotatable bonds is 2. The second kappa shape index (κ2) is 4.19. The lowest BCUT2D eigenvalue weighted by Crippen LogP contribution is -2.31. The molecule has 1 aliphatic rings. The molecule has 0 aromatic heterocycles. The molecule has 0 unspecified atom stereocenters. The first-order valence-electron chi connectivity index (χ1n) is 6.46. The molecule has 0 saturated heterocycles. The van der Waals surface area contributed by atoms with Crippen LogP contribution in [0.1, 0.15) is 42.0 Å². The van der Waals surface area contributed by atoms with Crippen molar-refractivity contribution in [1.82, 2.24) is 0 Å². The largest absolute Gasteiger partial charge is 0.507 e. The Morgan fingerprint density at radius 1 is 1.21 bits per heavy atom. The number of aromatic hydroxyl groups is 1. The van der Waals surface area contributed by atoms with E-state index in [0.717, 1.165) is 28.0 Å². The average Bonchev–Trinajstić information content (AvgIpc) is 2.64. The summed E-state index contributed by atoms with van der Waals surface area (Å²) in [6.07, 6.45) is 0. The number of methoxy groups -OCH3 is 1. The van der Waals surface area contributed by atoms with Gasteiger partial charge in [-0.15, -0.1) is 0 Å². The van der Waals surface area contributed by atoms with E-state index in [0.29, 0.717) is 11.5 Å². The molecule has 0 spiro atoms. The second-order valence-corrected chi connectivity index (χ2v) is 5.78. The molecule has 0 fully saturated rings. The van der Waals surface area contributed by atoms with Gasteiger partial charge in [0, 0.05) is 5.56 Å². The Kier molecular flexibility index (Phi) is 3.04. The van der Waals surface area contributed by atoms with E-state index in [9.17, 15) is 5.11 Å². The lowest BCUT2D eigenvalue weighted by atomic mass is 9.82. The predicted octanol–water partition coefficient (Wildman–Crippen LogP) is 3.73. The van der Waals surface area contributed by atoms with Crippen molar-refractivity contribution in [3.63, 3.8) is 0 Å². The van der Waals surface area contributed by atoms with E-state index in [4.69, 9.17) is 9.47 Å². The maximum absolute atomic E-state index is 10.3. The van der Waals surface area contributed by atoms with Gasteiger partial charge in [0.05, 0.1) is 18.8 Å². The minimum absolute atomic E-state index is 0.0716. The van der Waals surface area contributed by atoms with Crippen LogP contribution in [0.3, 0.4) is 0 Å². The van der Waals surface area contributed by atoms with E-state index in [1.54, 1.807) is 7.11 Å². The van der Waals surface area contributed by atoms with Crippen LogP contribution in [0.4, 0.5) is 0 Å². The van der Waals surface area contributed by atoms with Gasteiger partial charge in [-0.1, -0.05) is 6.58 Å². The van der Waals surface area contributed by atoms with Crippen LogP contribution in [0.5, 0.6) is 11.5 Å². The van der Waals surface area contributed by atoms with Crippen LogP contribution >= 0.6 is 0 Å². The fourth-order valence-electron chi connectivity index (χ4n) is 2.94. The first-order chi connectivity index (χ1) is 8.72. The maximum Gasteiger partial charge on any atom is 0.127 e. The van der Waals surface area contributed by atoms with Crippen LogP contribution in [-0.2, 0) is 4.74 Å². The SMILES string of the molecule is C=C(OC)[C@H]1c2c(C)c(O)c(C)c(C)c2OC1(C)C. The van der Waals surface area contributed by atoms with E-state index >= 15 is 0 Å². The molecule has 0 aliphatic carbocycles. The van der Waals surface area contributed by atoms with E-state index in [1.165, 1.54) is 0 Å². The highest BCUT2D eigenvalue weighted by Crippen LogP contribution is 2.53. The number of phenolic OH excluding ortho intramolecular Hbond substituents is 1. The maximum atomic E-state index is 10.3. The third-order valence-corrected chi connectivity index (χ3v) is 4.20. The van der Waals surface area contributed by atoms with Gasteiger partial charge in [-0.2, -0.15) is 0 Å². The fourth-order valence-corrected chi connectivity index (χ4v) is 2.94. The Bertz CT molecular complexity index is 556. The minimum Gasteiger partial charge on any atom is -0.507 e. The molecule has 1 aromatic carbocycles. The minimum atomic E-state index is -0.425. The van der Waals surface area contributed by atoms with Crippen LogP contribution in [0.2, 0.25) is 0 Å². The topological polar surface area (TPSA) is 38.7 Å². The zero-order valence-electron chi connectivity index (χ0n) is 12.5. The normalized spacial score (nSPS) is 19.8. The van der Waals surface area contributed by atoms with E-state index in [1.807, 2.05) is 34.6 Å². The van der Waals surface area contributed by atoms with Crippen molar-refractivity contribution in [1.29, 1.82) is 0 Å². The Hall–Kier alpha value is -1.64. The Morgan fingerprint density at radius 3 is 2.32 bits per heavy atom. The highest BCUT2D eigenvalue weighted by Gasteiger charge is 2.46. The molecular weight excluding hydrogens is 240 g/mol. The highest BCUT2D eigenvalue weighted by atomic mass is 16.5. The van der Waals surface area contributed by atoms with Crippen LogP contribution < -0.4 is 4.74 Å². The zero-order valence-corrected chi connectivity index (χ0v) is 12.5. The molecule has 3 nitrogen and oxygen atoms in total. The van der Waals surface area contributed by atoms with Crippen molar-refractivity contribution in [3.8, 4) is 11.5 Å². The fraction of sp³-hybridized carbons (Fsp3) is 0.500. The summed E-state index contributed by atoms with van der Waals surface area (Å²) in [5.41, 5.74) is 3.28. The number of hydrogen-bond donors (Lipinski definition) is 1. The Balaban J connectivity index is 2.76. The molecule has 104 valence electrons. The van der Waals surface area contributed by atoms with Crippen LogP contribution in [0.15, 0.2) is 12.3 Å². The number of fused-ring (bicyclic) bond motifs is 1. The summed E-state index contributed by atoms with van der Waals surface area (Å²) in [5, 5.41) is 10.3. The number of benzene rings is 1. The summed E-state index contributed by atoms with van der Waals surface area (Å²) in [7, 11) is 1.62. The molecule has 1 aromatic rings. The van der Waals surface area contributed by atoms with Gasteiger partial charge in [-0.25, -0.2) is 0 Å². The summed E-state index contributed by atoms with van der Waals surface area (Å²) in [4.78, 5) is 0. The van der Waals surface area contributed by atoms with Gasteiger partial charge in [-0.3, -0.25) is 0 Å². The first kappa shape index (κ1) is 13.8. The van der Waals surface area contributed by atoms with E-state index in [2.05, 4.69) is 6.58 Å². The highest BCUT2D eigenvalue weighted by molar-refractivity contribution is 5.62. The molecule has 3 heteroatoms. The number of ether oxygens (including phenoxy) is 2. The van der Waals surface area contributed by atoms with Crippen molar-refractivity contribution in [2.75, 3.05) is 7.11 Å². The molecule has 2 rings (SSSR count). The van der Waals surface area contributed by atoms with Crippen molar-refractivity contribution in [2.24, 2.45) is 0 Å². The molecule has 0 radical (unpaired) electrons. The van der Waals surface area contributed by atoms with Crippen LogP contribution in [0.25, 0.3) is 0 Å². The van der Waals surface area contributed by atoms with Crippen molar-refractivity contribution < 1.29 is 14.6 Å². The van der Waals surface area contributed by atoms with Gasteiger partial charge < -0.3 is 14.6 Å². The van der Waals surface area contributed by atoms with Gasteiger partial charge in [0.2, 0.25) is 0 Å². The summed E-state index contributed by atoms with van der Waals surface area (Å²) in [6.45, 7) is 13.8. The van der Waals surface area contributed by atoms with Gasteiger partial charge in [0.25, 0.3) is 0 Å². The molecule has 1 atom stereocenters. The Labute approximate surface area is 114 Å². The second-order valence-electron chi connectivity index (χ2n) is 5.78. The first-order valence-corrected chi connectivity index (χ1v) is 6.46. The number of hydrogen-bond acceptors (Lipinski definition) is 3. The summed E-state index contributed by atoms with van der Waals surface area (Å²) >= 11 is 0. The van der Waals surface area contributed by atoms with Gasteiger partial charge in [-0.05, 0) is 51.3 Å². The standard InChI is InChI=1S/C16H22O3/c1-8-9(2)15-12(10(3)14(8)17)13(11(4)18-7)16(5,6)19-15/h13,17H,4H2,1-3,5-7H3/t13-/m0/s1. The Morgan fingerprint density at radius 2 is 1.79 bits per heavy atom. The molecule has 0 saturated carbocycles. The molecule has 19 heavy (non-hydrogen) atoms. The third kappa shape index (κ3) is 1.79. The smallest absolute Gasteiger partial charge is 0.127 e. The number of phenols is 1. The summed E-state index contributed by atoms with van der Waals surface area (Å²) in [5.74, 6) is 1.79. The van der Waals surface area contributed by atoms with Gasteiger partial charge in [0.15, 0.2) is 0 Å². The lowest BCUT2D eigenvalue weighted by Gasteiger charge is -2.27. The lowest BCUT2D eigenvalue weighted by molar-refractivity contribution is 0.0971. The monoisotopic (exact) mass is 262 g/mol. The van der Waals surface area contributed by atoms with Crippen LogP contribution in [0, 0.1) is 20.8 Å². The van der Waals surface area contributed by atoms with E-state index in [-0.39, 0.29) is 5.92 Å². The van der Waals surface area contributed by atoms with Crippen molar-refractivity contribution in [3.05, 3.63) is 34.6 Å². The van der Waals surface area contributed by atoms with Crippen LogP contribution in [-0.4, -0.2) is 17.8 Å². The molecule has 1 N–H and O–H groups in total. The van der Waals surface area contributed by atoms with E-state index < -0.39 is 5.60 Å². The molecule has 1 heterocycles. The quantitative estimate of drug-likeness (QED) is 0.825. The van der Waals surface area contributed by atoms with Gasteiger partial charge >= 0.3 is 0 Å². The van der Waals surface area contributed by atoms with Crippen molar-refractivity contribution >= 4 is 0 Å². The van der Waals surface area contributed by atoms with Gasteiger partial charge in [0.1, 0.15) is 17.1 Å². The van der Waals surface area contributed by atoms with Crippen molar-refractivity contribution in [2.45, 2.75) is 46.1 Å².